The first-order valence-corrected chi connectivity index (χ1v) is 5.25. The molecule has 0 saturated carbocycles. The fraction of sp³-hybridized carbons (Fsp3) is 0.231. The van der Waals surface area contributed by atoms with E-state index in [0.717, 1.165) is 0 Å². The molecule has 90 valence electrons. The molecule has 0 saturated heterocycles. The molecule has 0 radical (unpaired) electrons. The van der Waals surface area contributed by atoms with Crippen LogP contribution in [-0.4, -0.2) is 37.7 Å². The first-order valence-electron chi connectivity index (χ1n) is 5.25. The van der Waals surface area contributed by atoms with Gasteiger partial charge in [0, 0.05) is 44.5 Å². The number of rotatable bonds is 4. The van der Waals surface area contributed by atoms with E-state index < -0.39 is 0 Å². The van der Waals surface area contributed by atoms with Crippen LogP contribution < -0.4 is 5.32 Å². The van der Waals surface area contributed by atoms with Gasteiger partial charge >= 0.3 is 0 Å². The number of carbonyl (C=O) groups excluding carboxylic acids is 2. The topological polar surface area (TPSA) is 49.4 Å². The van der Waals surface area contributed by atoms with Crippen LogP contribution in [0.1, 0.15) is 20.7 Å². The van der Waals surface area contributed by atoms with Crippen molar-refractivity contribution in [3.05, 3.63) is 47.7 Å². The Morgan fingerprint density at radius 1 is 1.24 bits per heavy atom. The van der Waals surface area contributed by atoms with Gasteiger partial charge in [-0.15, -0.1) is 0 Å². The smallest absolute Gasteiger partial charge is 0.251 e. The average molecular weight is 232 g/mol. The third kappa shape index (κ3) is 3.75. The van der Waals surface area contributed by atoms with Crippen molar-refractivity contribution >= 4 is 11.7 Å². The Labute approximate surface area is 101 Å². The number of ketones is 1. The molecule has 0 aliphatic rings. The Morgan fingerprint density at radius 3 is 2.47 bits per heavy atom. The molecule has 0 aliphatic carbocycles. The van der Waals surface area contributed by atoms with Gasteiger partial charge in [-0.25, -0.2) is 0 Å². The zero-order valence-corrected chi connectivity index (χ0v) is 10.2. The highest BCUT2D eigenvalue weighted by Gasteiger charge is 2.07. The van der Waals surface area contributed by atoms with E-state index in [2.05, 4.69) is 5.32 Å². The summed E-state index contributed by atoms with van der Waals surface area (Å²) >= 11 is 0. The summed E-state index contributed by atoms with van der Waals surface area (Å²) in [5, 5.41) is 2.52. The second kappa shape index (κ2) is 5.84. The molecular weight excluding hydrogens is 216 g/mol. The minimum absolute atomic E-state index is 0.121. The van der Waals surface area contributed by atoms with E-state index in [0.29, 0.717) is 11.1 Å². The minimum atomic E-state index is -0.198. The molecule has 0 heterocycles. The average Bonchev–Trinajstić information content (AvgIpc) is 2.35. The summed E-state index contributed by atoms with van der Waals surface area (Å²) in [6.07, 6.45) is 3.15. The van der Waals surface area contributed by atoms with Crippen LogP contribution in [0.5, 0.6) is 0 Å². The predicted molar refractivity (Wildman–Crippen MR) is 67.0 cm³/mol. The highest BCUT2D eigenvalue weighted by Crippen LogP contribution is 2.07. The predicted octanol–water partition coefficient (Wildman–Crippen LogP) is 1.30. The Hall–Kier alpha value is -2.10. The molecule has 1 aromatic carbocycles. The Bertz CT molecular complexity index is 450. The summed E-state index contributed by atoms with van der Waals surface area (Å²) in [7, 11) is 5.23. The van der Waals surface area contributed by atoms with E-state index in [1.54, 1.807) is 42.4 Å². The molecule has 17 heavy (non-hydrogen) atoms. The van der Waals surface area contributed by atoms with Gasteiger partial charge in [-0.2, -0.15) is 0 Å². The number of benzene rings is 1. The summed E-state index contributed by atoms with van der Waals surface area (Å²) < 4.78 is 0. The number of nitrogens with one attached hydrogen (secondary N) is 1. The van der Waals surface area contributed by atoms with Gasteiger partial charge in [0.05, 0.1) is 0 Å². The summed E-state index contributed by atoms with van der Waals surface area (Å²) in [4.78, 5) is 25.0. The Morgan fingerprint density at radius 2 is 1.88 bits per heavy atom. The normalized spacial score (nSPS) is 10.3. The second-order valence-electron chi connectivity index (χ2n) is 3.80. The molecule has 0 spiro atoms. The molecule has 0 fully saturated rings. The van der Waals surface area contributed by atoms with Gasteiger partial charge in [-0.05, 0) is 12.1 Å². The largest absolute Gasteiger partial charge is 0.383 e. The Kier molecular flexibility index (Phi) is 4.46. The lowest BCUT2D eigenvalue weighted by Gasteiger charge is -2.04. The van der Waals surface area contributed by atoms with E-state index in [-0.39, 0.29) is 11.7 Å². The van der Waals surface area contributed by atoms with E-state index >= 15 is 0 Å². The molecule has 1 rings (SSSR count). The van der Waals surface area contributed by atoms with Crippen LogP contribution in [0.2, 0.25) is 0 Å². The summed E-state index contributed by atoms with van der Waals surface area (Å²) in [6, 6.07) is 6.64. The van der Waals surface area contributed by atoms with Crippen LogP contribution >= 0.6 is 0 Å². The van der Waals surface area contributed by atoms with Crippen molar-refractivity contribution in [2.24, 2.45) is 0 Å². The molecule has 0 atom stereocenters. The van der Waals surface area contributed by atoms with E-state index in [1.807, 2.05) is 14.1 Å². The third-order valence-corrected chi connectivity index (χ3v) is 2.16. The number of carbonyl (C=O) groups is 2. The van der Waals surface area contributed by atoms with Crippen LogP contribution in [-0.2, 0) is 0 Å². The van der Waals surface area contributed by atoms with Crippen molar-refractivity contribution in [3.8, 4) is 0 Å². The zero-order valence-electron chi connectivity index (χ0n) is 10.2. The van der Waals surface area contributed by atoms with Crippen molar-refractivity contribution in [3.63, 3.8) is 0 Å². The molecule has 1 amide bonds. The van der Waals surface area contributed by atoms with Crippen LogP contribution in [0.4, 0.5) is 0 Å². The number of hydrogen-bond donors (Lipinski definition) is 1. The molecule has 1 N–H and O–H groups in total. The number of hydrogen-bond acceptors (Lipinski definition) is 3. The van der Waals surface area contributed by atoms with E-state index in [4.69, 9.17) is 0 Å². The molecule has 4 nitrogen and oxygen atoms in total. The van der Waals surface area contributed by atoms with Gasteiger partial charge in [-0.1, -0.05) is 12.1 Å². The van der Waals surface area contributed by atoms with Gasteiger partial charge in [0.15, 0.2) is 5.78 Å². The van der Waals surface area contributed by atoms with Gasteiger partial charge in [0.2, 0.25) is 0 Å². The van der Waals surface area contributed by atoms with Crippen LogP contribution in [0.15, 0.2) is 36.5 Å². The summed E-state index contributed by atoms with van der Waals surface area (Å²) in [5.41, 5.74) is 0.987. The van der Waals surface area contributed by atoms with E-state index in [1.165, 1.54) is 6.08 Å². The van der Waals surface area contributed by atoms with E-state index in [9.17, 15) is 9.59 Å². The van der Waals surface area contributed by atoms with Crippen molar-refractivity contribution in [2.75, 3.05) is 21.1 Å². The maximum atomic E-state index is 11.8. The summed E-state index contributed by atoms with van der Waals surface area (Å²) in [6.45, 7) is 0. The molecule has 0 bridgehead atoms. The fourth-order valence-electron chi connectivity index (χ4n) is 1.27. The Balaban J connectivity index is 2.92. The third-order valence-electron chi connectivity index (χ3n) is 2.16. The lowest BCUT2D eigenvalue weighted by atomic mass is 10.1. The van der Waals surface area contributed by atoms with Crippen LogP contribution in [0.25, 0.3) is 0 Å². The molecule has 0 aliphatic heterocycles. The van der Waals surface area contributed by atoms with Gasteiger partial charge in [0.1, 0.15) is 0 Å². The SMILES string of the molecule is CNC(=O)c1cccc(C(=O)/C=C/N(C)C)c1. The quantitative estimate of drug-likeness (QED) is 0.629. The van der Waals surface area contributed by atoms with Gasteiger partial charge < -0.3 is 10.2 Å². The first kappa shape index (κ1) is 13.0. The molecule has 0 aromatic heterocycles. The van der Waals surface area contributed by atoms with Crippen LogP contribution in [0.3, 0.4) is 0 Å². The molecule has 1 aromatic rings. The molecular formula is C13H16N2O2. The minimum Gasteiger partial charge on any atom is -0.383 e. The maximum absolute atomic E-state index is 11.8. The lowest BCUT2D eigenvalue weighted by molar-refractivity contribution is 0.0963. The van der Waals surface area contributed by atoms with Crippen molar-refractivity contribution in [1.29, 1.82) is 0 Å². The number of nitrogens with zero attached hydrogens (tertiary/aromatic N) is 1. The van der Waals surface area contributed by atoms with Gasteiger partial charge in [0.25, 0.3) is 5.91 Å². The maximum Gasteiger partial charge on any atom is 0.251 e. The zero-order chi connectivity index (χ0) is 12.8. The highest BCUT2D eigenvalue weighted by molar-refractivity contribution is 6.06. The lowest BCUT2D eigenvalue weighted by Crippen LogP contribution is -2.18. The first-order chi connectivity index (χ1) is 8.04. The van der Waals surface area contributed by atoms with Crippen LogP contribution in [0, 0.1) is 0 Å². The molecule has 0 unspecified atom stereocenters. The number of allylic oxidation sites excluding steroid dienone is 1. The van der Waals surface area contributed by atoms with Crippen molar-refractivity contribution in [1.82, 2.24) is 10.2 Å². The fourth-order valence-corrected chi connectivity index (χ4v) is 1.27. The second-order valence-corrected chi connectivity index (χ2v) is 3.80. The monoisotopic (exact) mass is 232 g/mol. The van der Waals surface area contributed by atoms with Crippen molar-refractivity contribution < 1.29 is 9.59 Å². The summed E-state index contributed by atoms with van der Waals surface area (Å²) in [5.74, 6) is -0.319. The van der Waals surface area contributed by atoms with Gasteiger partial charge in [-0.3, -0.25) is 9.59 Å². The highest BCUT2D eigenvalue weighted by atomic mass is 16.1. The number of amides is 1. The standard InChI is InChI=1S/C13H16N2O2/c1-14-13(17)11-6-4-5-10(9-11)12(16)7-8-15(2)3/h4-9H,1-3H3,(H,14,17)/b8-7+. The van der Waals surface area contributed by atoms with Crippen molar-refractivity contribution in [2.45, 2.75) is 0 Å². The molecule has 4 heteroatoms.